The molecule has 7 aromatic rings. The SMILES string of the molecule is CN(N)Cc1ccc(-c2ccc(-c3ccc4c(c3)-c3ccccc3C43c4ccccc4N(c4ccccc4)c4ccccc43)cc2)cc1. The van der Waals surface area contributed by atoms with Crippen LogP contribution in [-0.2, 0) is 12.0 Å². The van der Waals surface area contributed by atoms with E-state index >= 15 is 0 Å². The van der Waals surface area contributed by atoms with Gasteiger partial charge in [-0.05, 0) is 91.5 Å². The van der Waals surface area contributed by atoms with Crippen molar-refractivity contribution in [2.45, 2.75) is 12.0 Å². The van der Waals surface area contributed by atoms with Crippen LogP contribution in [0.15, 0.2) is 170 Å². The quantitative estimate of drug-likeness (QED) is 0.154. The number of para-hydroxylation sites is 3. The number of hydrogen-bond donors (Lipinski definition) is 1. The molecular formula is C45H35N3. The number of rotatable bonds is 5. The third-order valence-corrected chi connectivity index (χ3v) is 10.1. The van der Waals surface area contributed by atoms with Gasteiger partial charge < -0.3 is 4.90 Å². The number of hydrogen-bond acceptors (Lipinski definition) is 3. The molecule has 0 fully saturated rings. The Labute approximate surface area is 282 Å². The van der Waals surface area contributed by atoms with Gasteiger partial charge in [0.2, 0.25) is 0 Å². The van der Waals surface area contributed by atoms with Gasteiger partial charge in [-0.2, -0.15) is 0 Å². The second-order valence-corrected chi connectivity index (χ2v) is 13.0. The van der Waals surface area contributed by atoms with Gasteiger partial charge in [0, 0.05) is 19.3 Å². The molecule has 0 amide bonds. The van der Waals surface area contributed by atoms with Crippen LogP contribution in [-0.4, -0.2) is 12.1 Å². The van der Waals surface area contributed by atoms with E-state index in [9.17, 15) is 0 Å². The predicted molar refractivity (Wildman–Crippen MR) is 199 cm³/mol. The maximum Gasteiger partial charge on any atom is 0.0754 e. The summed E-state index contributed by atoms with van der Waals surface area (Å²) in [7, 11) is 1.89. The average molecular weight is 618 g/mol. The van der Waals surface area contributed by atoms with E-state index in [4.69, 9.17) is 5.84 Å². The molecular weight excluding hydrogens is 583 g/mol. The van der Waals surface area contributed by atoms with E-state index in [1.54, 1.807) is 5.01 Å². The highest BCUT2D eigenvalue weighted by molar-refractivity contribution is 5.96. The molecule has 1 spiro atoms. The number of fused-ring (bicyclic) bond motifs is 9. The van der Waals surface area contributed by atoms with Crippen LogP contribution >= 0.6 is 0 Å². The maximum absolute atomic E-state index is 5.85. The monoisotopic (exact) mass is 617 g/mol. The molecule has 7 aromatic carbocycles. The molecule has 0 atom stereocenters. The molecule has 1 heterocycles. The van der Waals surface area contributed by atoms with E-state index in [1.165, 1.54) is 72.6 Å². The highest BCUT2D eigenvalue weighted by Gasteiger charge is 2.51. The number of anilines is 3. The predicted octanol–water partition coefficient (Wildman–Crippen LogP) is 10.5. The molecule has 0 unspecified atom stereocenters. The van der Waals surface area contributed by atoms with Crippen LogP contribution in [0.4, 0.5) is 17.1 Å². The lowest BCUT2D eigenvalue weighted by atomic mass is 9.64. The fourth-order valence-corrected chi connectivity index (χ4v) is 8.09. The Bertz CT molecular complexity index is 2240. The summed E-state index contributed by atoms with van der Waals surface area (Å²) in [6, 6.07) is 62.4. The van der Waals surface area contributed by atoms with Crippen molar-refractivity contribution in [2.24, 2.45) is 5.84 Å². The molecule has 0 radical (unpaired) electrons. The zero-order valence-corrected chi connectivity index (χ0v) is 26.8. The summed E-state index contributed by atoms with van der Waals surface area (Å²) in [4.78, 5) is 2.43. The number of hydrazine groups is 1. The fraction of sp³-hybridized carbons (Fsp3) is 0.0667. The molecule has 48 heavy (non-hydrogen) atoms. The lowest BCUT2D eigenvalue weighted by Crippen LogP contribution is -2.36. The van der Waals surface area contributed by atoms with Crippen molar-refractivity contribution in [1.29, 1.82) is 0 Å². The van der Waals surface area contributed by atoms with Crippen LogP contribution in [0.25, 0.3) is 33.4 Å². The number of nitrogens with zero attached hydrogens (tertiary/aromatic N) is 2. The van der Waals surface area contributed by atoms with Crippen molar-refractivity contribution in [3.63, 3.8) is 0 Å². The van der Waals surface area contributed by atoms with Gasteiger partial charge in [-0.1, -0.05) is 140 Å². The summed E-state index contributed by atoms with van der Waals surface area (Å²) < 4.78 is 0. The van der Waals surface area contributed by atoms with E-state index in [1.807, 2.05) is 7.05 Å². The molecule has 0 aromatic heterocycles. The van der Waals surface area contributed by atoms with Crippen molar-refractivity contribution in [3.8, 4) is 33.4 Å². The van der Waals surface area contributed by atoms with Crippen molar-refractivity contribution in [3.05, 3.63) is 198 Å². The molecule has 2 aliphatic rings. The average Bonchev–Trinajstić information content (AvgIpc) is 3.43. The maximum atomic E-state index is 5.85. The standard InChI is InChI=1S/C45H35N3/c1-47(46)30-31-19-21-32(22-20-31)33-23-25-34(26-24-33)35-27-28-40-38(29-35)37-13-5-6-14-39(37)45(40)41-15-7-9-17-43(41)48(36-11-3-2-4-12-36)44-18-10-8-16-42(44)45/h2-29H,30,46H2,1H3. The minimum atomic E-state index is -0.433. The first kappa shape index (κ1) is 28.5. The van der Waals surface area contributed by atoms with E-state index in [2.05, 4.69) is 175 Å². The van der Waals surface area contributed by atoms with Crippen LogP contribution in [0.2, 0.25) is 0 Å². The highest BCUT2D eigenvalue weighted by atomic mass is 15.4. The third-order valence-electron chi connectivity index (χ3n) is 10.1. The second kappa shape index (κ2) is 11.2. The Morgan fingerprint density at radius 3 is 1.58 bits per heavy atom. The van der Waals surface area contributed by atoms with E-state index < -0.39 is 5.41 Å². The molecule has 2 N–H and O–H groups in total. The van der Waals surface area contributed by atoms with Crippen molar-refractivity contribution >= 4 is 17.1 Å². The van der Waals surface area contributed by atoms with Crippen molar-refractivity contribution in [2.75, 3.05) is 11.9 Å². The second-order valence-electron chi connectivity index (χ2n) is 13.0. The number of benzene rings is 7. The third kappa shape index (κ3) is 4.29. The Kier molecular flexibility index (Phi) is 6.65. The topological polar surface area (TPSA) is 32.5 Å². The molecule has 9 rings (SSSR count). The van der Waals surface area contributed by atoms with E-state index in [0.29, 0.717) is 0 Å². The van der Waals surface area contributed by atoms with Crippen LogP contribution in [0, 0.1) is 0 Å². The first-order valence-electron chi connectivity index (χ1n) is 16.6. The van der Waals surface area contributed by atoms with Gasteiger partial charge in [0.25, 0.3) is 0 Å². The first-order valence-corrected chi connectivity index (χ1v) is 16.6. The van der Waals surface area contributed by atoms with Crippen LogP contribution in [0.5, 0.6) is 0 Å². The Hall–Kier alpha value is -5.74. The minimum absolute atomic E-state index is 0.433. The molecule has 0 bridgehead atoms. The summed E-state index contributed by atoms with van der Waals surface area (Å²) in [5.41, 5.74) is 17.1. The fourth-order valence-electron chi connectivity index (χ4n) is 8.09. The van der Waals surface area contributed by atoms with Crippen molar-refractivity contribution < 1.29 is 0 Å². The van der Waals surface area contributed by atoms with Gasteiger partial charge in [0.1, 0.15) is 0 Å². The molecule has 0 saturated carbocycles. The summed E-state index contributed by atoms with van der Waals surface area (Å²) in [6.45, 7) is 0.727. The minimum Gasteiger partial charge on any atom is -0.310 e. The Morgan fingerprint density at radius 1 is 0.479 bits per heavy atom. The van der Waals surface area contributed by atoms with Gasteiger partial charge in [-0.15, -0.1) is 0 Å². The molecule has 230 valence electrons. The normalized spacial score (nSPS) is 13.6. The zero-order chi connectivity index (χ0) is 32.2. The molecule has 3 nitrogen and oxygen atoms in total. The Morgan fingerprint density at radius 2 is 0.958 bits per heavy atom. The zero-order valence-electron chi connectivity index (χ0n) is 26.8. The summed E-state index contributed by atoms with van der Waals surface area (Å²) in [6.07, 6.45) is 0. The van der Waals surface area contributed by atoms with E-state index in [-0.39, 0.29) is 0 Å². The first-order chi connectivity index (χ1) is 23.6. The summed E-state index contributed by atoms with van der Waals surface area (Å²) in [5, 5.41) is 1.70. The molecule has 3 heteroatoms. The molecule has 1 aliphatic carbocycles. The van der Waals surface area contributed by atoms with Crippen LogP contribution in [0.3, 0.4) is 0 Å². The van der Waals surface area contributed by atoms with Gasteiger partial charge in [0.05, 0.1) is 16.8 Å². The summed E-state index contributed by atoms with van der Waals surface area (Å²) in [5.74, 6) is 5.85. The van der Waals surface area contributed by atoms with Gasteiger partial charge in [-0.3, -0.25) is 5.84 Å². The van der Waals surface area contributed by atoms with Gasteiger partial charge in [-0.25, -0.2) is 5.01 Å². The number of nitrogens with two attached hydrogens (primary N) is 1. The molecule has 1 aliphatic heterocycles. The summed E-state index contributed by atoms with van der Waals surface area (Å²) >= 11 is 0. The smallest absolute Gasteiger partial charge is 0.0754 e. The van der Waals surface area contributed by atoms with Crippen LogP contribution in [0.1, 0.15) is 27.8 Å². The van der Waals surface area contributed by atoms with E-state index in [0.717, 1.165) is 12.2 Å². The van der Waals surface area contributed by atoms with Crippen LogP contribution < -0.4 is 10.7 Å². The Balaban J connectivity index is 1.19. The largest absolute Gasteiger partial charge is 0.310 e. The van der Waals surface area contributed by atoms with Crippen molar-refractivity contribution in [1.82, 2.24) is 5.01 Å². The van der Waals surface area contributed by atoms with Gasteiger partial charge in [0.15, 0.2) is 0 Å². The van der Waals surface area contributed by atoms with Gasteiger partial charge >= 0.3 is 0 Å². The highest BCUT2D eigenvalue weighted by Crippen LogP contribution is 2.63. The molecule has 0 saturated heterocycles. The lowest BCUT2D eigenvalue weighted by molar-refractivity contribution is 0.341. The lowest BCUT2D eigenvalue weighted by Gasteiger charge is -2.45.